The van der Waals surface area contributed by atoms with Crippen molar-refractivity contribution in [1.29, 1.82) is 0 Å². The molecule has 0 spiro atoms. The van der Waals surface area contributed by atoms with Gasteiger partial charge in [-0.15, -0.1) is 0 Å². The number of nitrogens with one attached hydrogen (secondary N) is 1. The van der Waals surface area contributed by atoms with Gasteiger partial charge in [0.15, 0.2) is 0 Å². The first-order valence-corrected chi connectivity index (χ1v) is 10.5. The Balaban J connectivity index is 3.14. The van der Waals surface area contributed by atoms with Gasteiger partial charge < -0.3 is 15.5 Å². The van der Waals surface area contributed by atoms with E-state index in [2.05, 4.69) is 12.2 Å². The highest BCUT2D eigenvalue weighted by atomic mass is 16.5. The van der Waals surface area contributed by atoms with Crippen molar-refractivity contribution in [3.8, 4) is 0 Å². The van der Waals surface area contributed by atoms with Gasteiger partial charge in [0.25, 0.3) is 0 Å². The van der Waals surface area contributed by atoms with Gasteiger partial charge in [-0.05, 0) is 19.0 Å². The smallest absolute Gasteiger partial charge is 0.243 e. The monoisotopic (exact) mass is 341 g/mol. The Morgan fingerprint density at radius 1 is 0.667 bits per heavy atom. The molecule has 0 heterocycles. The minimum absolute atomic E-state index is 0.274. The molecule has 0 aliphatic heterocycles. The van der Waals surface area contributed by atoms with Crippen molar-refractivity contribution in [2.75, 3.05) is 0 Å². The highest BCUT2D eigenvalue weighted by Crippen LogP contribution is 2.13. The summed E-state index contributed by atoms with van der Waals surface area (Å²) in [5, 5.41) is 21.3. The van der Waals surface area contributed by atoms with Gasteiger partial charge in [-0.25, -0.2) is 0 Å². The normalized spacial score (nSPS) is 12.2. The first kappa shape index (κ1) is 23.5. The lowest BCUT2D eigenvalue weighted by Crippen LogP contribution is -2.40. The summed E-state index contributed by atoms with van der Waals surface area (Å²) >= 11 is 0. The Morgan fingerprint density at radius 3 is 1.50 bits per heavy atom. The summed E-state index contributed by atoms with van der Waals surface area (Å²) < 4.78 is 0. The zero-order valence-electron chi connectivity index (χ0n) is 16.4. The Bertz CT molecular complexity index is 277. The molecule has 0 rings (SSSR count). The Hall–Kier alpha value is -0.540. The molecular weight excluding hydrogens is 298 g/mol. The molecule has 0 saturated heterocycles. The summed E-state index contributed by atoms with van der Waals surface area (Å²) in [6.45, 7) is 4.01. The van der Waals surface area contributed by atoms with Gasteiger partial charge in [-0.1, -0.05) is 103 Å². The predicted octanol–water partition coefficient (Wildman–Crippen LogP) is 6.01. The molecule has 0 saturated carbocycles. The summed E-state index contributed by atoms with van der Waals surface area (Å²) in [6.07, 6.45) is 24.2. The number of aliphatic hydroxyl groups is 2. The molecule has 0 aliphatic carbocycles. The van der Waals surface area contributed by atoms with E-state index in [1.807, 2.05) is 6.08 Å². The van der Waals surface area contributed by atoms with Crippen LogP contribution in [0.5, 0.6) is 0 Å². The molecule has 144 valence electrons. The summed E-state index contributed by atoms with van der Waals surface area (Å²) in [4.78, 5) is 0. The standard InChI is InChI=1S/C21H43NO2/c1-3-5-6-7-8-9-10-11-12-13-14-15-16-17-18-19-20-22-21(23,24)4-2/h19-20,22-24H,3-18H2,1-2H3. The van der Waals surface area contributed by atoms with E-state index >= 15 is 0 Å². The van der Waals surface area contributed by atoms with E-state index in [1.54, 1.807) is 13.1 Å². The van der Waals surface area contributed by atoms with Crippen LogP contribution in [0.1, 0.15) is 117 Å². The maximum Gasteiger partial charge on any atom is 0.243 e. The molecule has 0 fully saturated rings. The number of hydrogen-bond donors (Lipinski definition) is 3. The molecule has 0 aliphatic rings. The third kappa shape index (κ3) is 17.8. The SMILES string of the molecule is CCCCCCCCCCCCCCCCC=CNC(O)(O)CC. The fourth-order valence-electron chi connectivity index (χ4n) is 2.83. The Kier molecular flexibility index (Phi) is 16.9. The van der Waals surface area contributed by atoms with Crippen LogP contribution in [0.3, 0.4) is 0 Å². The number of allylic oxidation sites excluding steroid dienone is 1. The summed E-state index contributed by atoms with van der Waals surface area (Å²) in [5.74, 6) is -1.76. The van der Waals surface area contributed by atoms with Crippen molar-refractivity contribution in [3.05, 3.63) is 12.3 Å². The quantitative estimate of drug-likeness (QED) is 0.211. The van der Waals surface area contributed by atoms with Crippen LogP contribution in [0.15, 0.2) is 12.3 Å². The van der Waals surface area contributed by atoms with Gasteiger partial charge in [0.05, 0.1) is 0 Å². The molecule has 24 heavy (non-hydrogen) atoms. The fraction of sp³-hybridized carbons (Fsp3) is 0.905. The molecule has 0 amide bonds. The summed E-state index contributed by atoms with van der Waals surface area (Å²) in [6, 6.07) is 0. The zero-order valence-corrected chi connectivity index (χ0v) is 16.4. The molecular formula is C21H43NO2. The molecule has 0 aromatic heterocycles. The third-order valence-electron chi connectivity index (χ3n) is 4.65. The summed E-state index contributed by atoms with van der Waals surface area (Å²) in [5.41, 5.74) is 0. The van der Waals surface area contributed by atoms with Gasteiger partial charge in [-0.3, -0.25) is 0 Å². The van der Waals surface area contributed by atoms with E-state index in [0.717, 1.165) is 6.42 Å². The van der Waals surface area contributed by atoms with Crippen molar-refractivity contribution in [1.82, 2.24) is 5.32 Å². The lowest BCUT2D eigenvalue weighted by Gasteiger charge is -2.19. The van der Waals surface area contributed by atoms with Crippen molar-refractivity contribution in [3.63, 3.8) is 0 Å². The highest BCUT2D eigenvalue weighted by molar-refractivity contribution is 4.81. The van der Waals surface area contributed by atoms with Crippen molar-refractivity contribution in [2.45, 2.75) is 122 Å². The van der Waals surface area contributed by atoms with E-state index < -0.39 is 5.91 Å². The average Bonchev–Trinajstić information content (AvgIpc) is 2.57. The second kappa shape index (κ2) is 17.3. The second-order valence-electron chi connectivity index (χ2n) is 7.10. The number of hydrogen-bond acceptors (Lipinski definition) is 3. The minimum Gasteiger partial charge on any atom is -0.349 e. The van der Waals surface area contributed by atoms with Gasteiger partial charge >= 0.3 is 0 Å². The van der Waals surface area contributed by atoms with Crippen LogP contribution in [-0.2, 0) is 0 Å². The summed E-state index contributed by atoms with van der Waals surface area (Å²) in [7, 11) is 0. The van der Waals surface area contributed by atoms with Crippen molar-refractivity contribution < 1.29 is 10.2 Å². The van der Waals surface area contributed by atoms with Gasteiger partial charge in [0.1, 0.15) is 0 Å². The van der Waals surface area contributed by atoms with Crippen LogP contribution in [0, 0.1) is 0 Å². The molecule has 0 unspecified atom stereocenters. The first-order valence-electron chi connectivity index (χ1n) is 10.5. The molecule has 0 bridgehead atoms. The van der Waals surface area contributed by atoms with Gasteiger partial charge in [0.2, 0.25) is 5.91 Å². The lowest BCUT2D eigenvalue weighted by molar-refractivity contribution is -0.178. The maximum absolute atomic E-state index is 9.34. The zero-order chi connectivity index (χ0) is 17.9. The second-order valence-corrected chi connectivity index (χ2v) is 7.10. The minimum atomic E-state index is -1.76. The predicted molar refractivity (Wildman–Crippen MR) is 105 cm³/mol. The molecule has 0 aromatic rings. The highest BCUT2D eigenvalue weighted by Gasteiger charge is 2.16. The van der Waals surface area contributed by atoms with Crippen LogP contribution in [0.25, 0.3) is 0 Å². The molecule has 3 nitrogen and oxygen atoms in total. The Morgan fingerprint density at radius 2 is 1.08 bits per heavy atom. The third-order valence-corrected chi connectivity index (χ3v) is 4.65. The van der Waals surface area contributed by atoms with E-state index in [9.17, 15) is 10.2 Å². The number of unbranched alkanes of at least 4 members (excludes halogenated alkanes) is 14. The van der Waals surface area contributed by atoms with Crippen molar-refractivity contribution >= 4 is 0 Å². The fourth-order valence-corrected chi connectivity index (χ4v) is 2.83. The van der Waals surface area contributed by atoms with Gasteiger partial charge in [0, 0.05) is 6.42 Å². The van der Waals surface area contributed by atoms with E-state index in [-0.39, 0.29) is 6.42 Å². The largest absolute Gasteiger partial charge is 0.349 e. The van der Waals surface area contributed by atoms with Crippen LogP contribution in [-0.4, -0.2) is 16.1 Å². The van der Waals surface area contributed by atoms with Crippen LogP contribution >= 0.6 is 0 Å². The van der Waals surface area contributed by atoms with Gasteiger partial charge in [-0.2, -0.15) is 0 Å². The van der Waals surface area contributed by atoms with Crippen LogP contribution in [0.2, 0.25) is 0 Å². The van der Waals surface area contributed by atoms with Crippen LogP contribution < -0.4 is 5.32 Å². The van der Waals surface area contributed by atoms with Crippen LogP contribution in [0.4, 0.5) is 0 Å². The molecule has 0 atom stereocenters. The first-order chi connectivity index (χ1) is 11.6. The van der Waals surface area contributed by atoms with E-state index in [1.165, 1.54) is 89.9 Å². The van der Waals surface area contributed by atoms with E-state index in [4.69, 9.17) is 0 Å². The lowest BCUT2D eigenvalue weighted by atomic mass is 10.0. The molecule has 3 heteroatoms. The average molecular weight is 342 g/mol. The Labute approximate surface area is 150 Å². The topological polar surface area (TPSA) is 52.5 Å². The van der Waals surface area contributed by atoms with E-state index in [0.29, 0.717) is 0 Å². The molecule has 0 aromatic carbocycles. The molecule has 0 radical (unpaired) electrons. The number of rotatable bonds is 18. The van der Waals surface area contributed by atoms with Crippen molar-refractivity contribution in [2.24, 2.45) is 0 Å². The maximum atomic E-state index is 9.34. The molecule has 3 N–H and O–H groups in total.